The highest BCUT2D eigenvalue weighted by molar-refractivity contribution is 5.81. The first kappa shape index (κ1) is 18.2. The minimum absolute atomic E-state index is 0.00184. The van der Waals surface area contributed by atoms with Crippen molar-refractivity contribution < 1.29 is 13.9 Å². The van der Waals surface area contributed by atoms with Gasteiger partial charge in [-0.05, 0) is 68.3 Å². The molecule has 1 atom stereocenters. The normalized spacial score (nSPS) is 15.7. The average Bonchev–Trinajstić information content (AvgIpc) is 2.65. The average molecular weight is 356 g/mol. The van der Waals surface area contributed by atoms with Crippen molar-refractivity contribution in [2.75, 3.05) is 31.1 Å². The molecule has 1 amide bonds. The Labute approximate surface area is 154 Å². The molecule has 0 aliphatic carbocycles. The fraction of sp³-hybridized carbons (Fsp3) is 0.381. The maximum Gasteiger partial charge on any atom is 0.263 e. The Balaban J connectivity index is 1.55. The van der Waals surface area contributed by atoms with Gasteiger partial charge in [0.1, 0.15) is 11.6 Å². The lowest BCUT2D eigenvalue weighted by Gasteiger charge is -2.37. The highest BCUT2D eigenvalue weighted by atomic mass is 19.1. The fourth-order valence-corrected chi connectivity index (χ4v) is 3.14. The highest BCUT2D eigenvalue weighted by Crippen LogP contribution is 2.20. The molecule has 3 rings (SSSR count). The van der Waals surface area contributed by atoms with E-state index in [0.29, 0.717) is 13.1 Å². The van der Waals surface area contributed by atoms with Gasteiger partial charge in [-0.25, -0.2) is 4.39 Å². The minimum Gasteiger partial charge on any atom is -0.481 e. The molecule has 5 heteroatoms. The van der Waals surface area contributed by atoms with Crippen molar-refractivity contribution in [2.45, 2.75) is 26.9 Å². The van der Waals surface area contributed by atoms with E-state index in [-0.39, 0.29) is 11.7 Å². The summed E-state index contributed by atoms with van der Waals surface area (Å²) < 4.78 is 18.9. The number of halogens is 1. The fourth-order valence-electron chi connectivity index (χ4n) is 3.14. The van der Waals surface area contributed by atoms with E-state index in [0.717, 1.165) is 30.1 Å². The van der Waals surface area contributed by atoms with Gasteiger partial charge in [0.25, 0.3) is 5.91 Å². The number of aryl methyl sites for hydroxylation is 2. The molecule has 0 bridgehead atoms. The number of benzene rings is 2. The van der Waals surface area contributed by atoms with E-state index in [1.54, 1.807) is 19.1 Å². The van der Waals surface area contributed by atoms with Crippen molar-refractivity contribution in [3.63, 3.8) is 0 Å². The molecule has 26 heavy (non-hydrogen) atoms. The Morgan fingerprint density at radius 2 is 1.65 bits per heavy atom. The number of rotatable bonds is 4. The van der Waals surface area contributed by atoms with Gasteiger partial charge >= 0.3 is 0 Å². The summed E-state index contributed by atoms with van der Waals surface area (Å²) in [7, 11) is 0. The molecule has 2 aromatic carbocycles. The van der Waals surface area contributed by atoms with Crippen LogP contribution in [0.2, 0.25) is 0 Å². The summed E-state index contributed by atoms with van der Waals surface area (Å²) in [4.78, 5) is 16.7. The number of carbonyl (C=O) groups is 1. The van der Waals surface area contributed by atoms with Gasteiger partial charge < -0.3 is 14.5 Å². The van der Waals surface area contributed by atoms with Crippen LogP contribution in [0, 0.1) is 19.7 Å². The van der Waals surface area contributed by atoms with E-state index in [9.17, 15) is 9.18 Å². The zero-order valence-corrected chi connectivity index (χ0v) is 15.5. The third-order valence-electron chi connectivity index (χ3n) is 4.92. The highest BCUT2D eigenvalue weighted by Gasteiger charge is 2.26. The predicted octanol–water partition coefficient (Wildman–Crippen LogP) is 3.56. The van der Waals surface area contributed by atoms with Crippen molar-refractivity contribution >= 4 is 11.6 Å². The van der Waals surface area contributed by atoms with Crippen molar-refractivity contribution in [1.82, 2.24) is 4.90 Å². The van der Waals surface area contributed by atoms with Crippen LogP contribution in [0.5, 0.6) is 5.75 Å². The molecule has 1 saturated heterocycles. The SMILES string of the molecule is Cc1ccc(O[C@@H](C)C(=O)N2CCN(c3ccc(F)cc3)CC2)cc1C. The molecule has 0 saturated carbocycles. The lowest BCUT2D eigenvalue weighted by molar-refractivity contribution is -0.138. The van der Waals surface area contributed by atoms with Gasteiger partial charge in [-0.2, -0.15) is 0 Å². The lowest BCUT2D eigenvalue weighted by Crippen LogP contribution is -2.52. The summed E-state index contributed by atoms with van der Waals surface area (Å²) >= 11 is 0. The summed E-state index contributed by atoms with van der Waals surface area (Å²) in [5.74, 6) is 0.487. The monoisotopic (exact) mass is 356 g/mol. The van der Waals surface area contributed by atoms with Crippen molar-refractivity contribution in [3.8, 4) is 5.75 Å². The van der Waals surface area contributed by atoms with E-state index < -0.39 is 6.10 Å². The van der Waals surface area contributed by atoms with Crippen LogP contribution in [0.1, 0.15) is 18.1 Å². The molecule has 0 unspecified atom stereocenters. The summed E-state index contributed by atoms with van der Waals surface area (Å²) in [6.07, 6.45) is -0.519. The maximum atomic E-state index is 13.1. The van der Waals surface area contributed by atoms with E-state index in [1.165, 1.54) is 17.7 Å². The molecule has 0 aromatic heterocycles. The Hall–Kier alpha value is -2.56. The number of hydrogen-bond donors (Lipinski definition) is 0. The standard InChI is InChI=1S/C21H25FN2O2/c1-15-4-9-20(14-16(15)2)26-17(3)21(25)24-12-10-23(11-13-24)19-7-5-18(22)6-8-19/h4-9,14,17H,10-13H2,1-3H3/t17-/m0/s1. The van der Waals surface area contributed by atoms with Gasteiger partial charge in [-0.3, -0.25) is 4.79 Å². The number of carbonyl (C=O) groups excluding carboxylic acids is 1. The van der Waals surface area contributed by atoms with E-state index in [2.05, 4.69) is 4.90 Å². The zero-order valence-electron chi connectivity index (χ0n) is 15.5. The van der Waals surface area contributed by atoms with Gasteiger partial charge in [0.15, 0.2) is 6.10 Å². The van der Waals surface area contributed by atoms with E-state index >= 15 is 0 Å². The van der Waals surface area contributed by atoms with Gasteiger partial charge in [0.05, 0.1) is 0 Å². The molecular weight excluding hydrogens is 331 g/mol. The molecule has 138 valence electrons. The van der Waals surface area contributed by atoms with Gasteiger partial charge in [0.2, 0.25) is 0 Å². The Bertz CT molecular complexity index is 768. The Morgan fingerprint density at radius 1 is 1.00 bits per heavy atom. The molecule has 0 radical (unpaired) electrons. The number of ether oxygens (including phenoxy) is 1. The van der Waals surface area contributed by atoms with Gasteiger partial charge in [-0.1, -0.05) is 6.07 Å². The first-order valence-electron chi connectivity index (χ1n) is 8.97. The summed E-state index contributed by atoms with van der Waals surface area (Å²) in [5.41, 5.74) is 3.33. The number of nitrogens with zero attached hydrogens (tertiary/aromatic N) is 2. The minimum atomic E-state index is -0.519. The second-order valence-corrected chi connectivity index (χ2v) is 6.79. The number of piperazine rings is 1. The van der Waals surface area contributed by atoms with Gasteiger partial charge in [0, 0.05) is 31.9 Å². The number of amides is 1. The molecular formula is C21H25FN2O2. The molecule has 1 heterocycles. The van der Waals surface area contributed by atoms with Crippen LogP contribution in [0.25, 0.3) is 0 Å². The third kappa shape index (κ3) is 4.15. The molecule has 1 aliphatic rings. The first-order valence-corrected chi connectivity index (χ1v) is 8.97. The molecule has 0 spiro atoms. The van der Waals surface area contributed by atoms with E-state index in [1.807, 2.05) is 36.9 Å². The summed E-state index contributed by atoms with van der Waals surface area (Å²) in [5, 5.41) is 0. The first-order chi connectivity index (χ1) is 12.4. The van der Waals surface area contributed by atoms with Crippen molar-refractivity contribution in [2.24, 2.45) is 0 Å². The van der Waals surface area contributed by atoms with E-state index in [4.69, 9.17) is 4.74 Å². The summed E-state index contributed by atoms with van der Waals surface area (Å²) in [6.45, 7) is 8.61. The second kappa shape index (κ2) is 7.77. The third-order valence-corrected chi connectivity index (χ3v) is 4.92. The molecule has 1 fully saturated rings. The predicted molar refractivity (Wildman–Crippen MR) is 101 cm³/mol. The topological polar surface area (TPSA) is 32.8 Å². The van der Waals surface area contributed by atoms with Gasteiger partial charge in [-0.15, -0.1) is 0 Å². The maximum absolute atomic E-state index is 13.1. The van der Waals surface area contributed by atoms with Crippen LogP contribution < -0.4 is 9.64 Å². The van der Waals surface area contributed by atoms with Crippen LogP contribution in [0.15, 0.2) is 42.5 Å². The Morgan fingerprint density at radius 3 is 2.27 bits per heavy atom. The smallest absolute Gasteiger partial charge is 0.263 e. The van der Waals surface area contributed by atoms with Crippen LogP contribution in [0.4, 0.5) is 10.1 Å². The largest absolute Gasteiger partial charge is 0.481 e. The quantitative estimate of drug-likeness (QED) is 0.840. The van der Waals surface area contributed by atoms with Crippen LogP contribution in [0.3, 0.4) is 0 Å². The summed E-state index contributed by atoms with van der Waals surface area (Å²) in [6, 6.07) is 12.3. The molecule has 0 N–H and O–H groups in total. The molecule has 4 nitrogen and oxygen atoms in total. The number of hydrogen-bond acceptors (Lipinski definition) is 3. The lowest BCUT2D eigenvalue weighted by atomic mass is 10.1. The van der Waals surface area contributed by atoms with Crippen LogP contribution >= 0.6 is 0 Å². The van der Waals surface area contributed by atoms with Crippen LogP contribution in [-0.2, 0) is 4.79 Å². The molecule has 2 aromatic rings. The zero-order chi connectivity index (χ0) is 18.7. The number of anilines is 1. The van der Waals surface area contributed by atoms with Crippen molar-refractivity contribution in [1.29, 1.82) is 0 Å². The Kier molecular flexibility index (Phi) is 5.45. The van der Waals surface area contributed by atoms with Crippen LogP contribution in [-0.4, -0.2) is 43.1 Å². The van der Waals surface area contributed by atoms with Crippen molar-refractivity contribution in [3.05, 3.63) is 59.4 Å². The molecule has 1 aliphatic heterocycles. The second-order valence-electron chi connectivity index (χ2n) is 6.79.